The quantitative estimate of drug-likeness (QED) is 0.426. The average molecular weight is 456 g/mol. The van der Waals surface area contributed by atoms with Gasteiger partial charge in [0.15, 0.2) is 0 Å². The fourth-order valence-electron chi connectivity index (χ4n) is 3.02. The minimum absolute atomic E-state index is 0.0994. The number of anilines is 1. The summed E-state index contributed by atoms with van der Waals surface area (Å²) in [6, 6.07) is 20.4. The van der Waals surface area contributed by atoms with Crippen LogP contribution in [0.25, 0.3) is 0 Å². The van der Waals surface area contributed by atoms with Crippen LogP contribution in [0.15, 0.2) is 82.8 Å². The number of hydrazone groups is 1. The summed E-state index contributed by atoms with van der Waals surface area (Å²) in [5.41, 5.74) is 5.18. The van der Waals surface area contributed by atoms with E-state index in [1.165, 1.54) is 18.3 Å². The smallest absolute Gasteiger partial charge is 0.264 e. The van der Waals surface area contributed by atoms with Gasteiger partial charge in [-0.25, -0.2) is 13.8 Å². The number of hydrogen-bond donors (Lipinski definition) is 1. The molecule has 0 unspecified atom stereocenters. The summed E-state index contributed by atoms with van der Waals surface area (Å²) in [5, 5.41) is 4.40. The van der Waals surface area contributed by atoms with E-state index in [1.54, 1.807) is 48.5 Å². The van der Waals surface area contributed by atoms with Crippen molar-refractivity contribution >= 4 is 39.4 Å². The monoisotopic (exact) mass is 455 g/mol. The topological polar surface area (TPSA) is 78.8 Å². The highest BCUT2D eigenvalue weighted by molar-refractivity contribution is 7.92. The number of amides is 1. The Morgan fingerprint density at radius 3 is 2.39 bits per heavy atom. The Hall–Kier alpha value is -3.16. The lowest BCUT2D eigenvalue weighted by Gasteiger charge is -2.25. The lowest BCUT2D eigenvalue weighted by molar-refractivity contribution is -0.119. The molecule has 0 saturated heterocycles. The fourth-order valence-corrected chi connectivity index (χ4v) is 4.72. The Morgan fingerprint density at radius 1 is 1.03 bits per heavy atom. The van der Waals surface area contributed by atoms with Crippen molar-refractivity contribution in [1.29, 1.82) is 0 Å². The highest BCUT2D eigenvalue weighted by atomic mass is 35.5. The summed E-state index contributed by atoms with van der Waals surface area (Å²) in [5.74, 6) is -0.581. The van der Waals surface area contributed by atoms with E-state index >= 15 is 0 Å². The molecule has 31 heavy (non-hydrogen) atoms. The normalized spacial score (nSPS) is 11.5. The molecular formula is C23H22ClN3O3S. The number of nitrogens with one attached hydrogen (secondary N) is 1. The van der Waals surface area contributed by atoms with Crippen molar-refractivity contribution < 1.29 is 13.2 Å². The molecule has 1 N–H and O–H groups in total. The van der Waals surface area contributed by atoms with Crippen LogP contribution in [0.5, 0.6) is 0 Å². The van der Waals surface area contributed by atoms with Gasteiger partial charge in [-0.2, -0.15) is 5.10 Å². The minimum atomic E-state index is -3.97. The molecule has 6 nitrogen and oxygen atoms in total. The van der Waals surface area contributed by atoms with E-state index in [0.717, 1.165) is 15.4 Å². The van der Waals surface area contributed by atoms with Gasteiger partial charge in [0.1, 0.15) is 6.54 Å². The van der Waals surface area contributed by atoms with Crippen molar-refractivity contribution in [2.45, 2.75) is 18.7 Å². The van der Waals surface area contributed by atoms with Gasteiger partial charge < -0.3 is 0 Å². The SMILES string of the molecule is Cc1ccc(N(CC(=O)N/N=C\c2ccccc2Cl)S(=O)(=O)c2ccccc2)c(C)c1. The summed E-state index contributed by atoms with van der Waals surface area (Å²) in [6.07, 6.45) is 1.41. The van der Waals surface area contributed by atoms with Crippen LogP contribution in [-0.2, 0) is 14.8 Å². The predicted molar refractivity (Wildman–Crippen MR) is 124 cm³/mol. The first-order valence-electron chi connectivity index (χ1n) is 9.50. The van der Waals surface area contributed by atoms with E-state index in [9.17, 15) is 13.2 Å². The van der Waals surface area contributed by atoms with Gasteiger partial charge in [-0.3, -0.25) is 9.10 Å². The summed E-state index contributed by atoms with van der Waals surface area (Å²) in [7, 11) is -3.97. The van der Waals surface area contributed by atoms with Crippen LogP contribution in [-0.4, -0.2) is 27.1 Å². The maximum atomic E-state index is 13.3. The lowest BCUT2D eigenvalue weighted by atomic mass is 10.1. The molecule has 0 aliphatic rings. The van der Waals surface area contributed by atoms with Gasteiger partial charge >= 0.3 is 0 Å². The van der Waals surface area contributed by atoms with Crippen LogP contribution in [0.4, 0.5) is 5.69 Å². The van der Waals surface area contributed by atoms with Gasteiger partial charge in [-0.15, -0.1) is 0 Å². The van der Waals surface area contributed by atoms with Crippen molar-refractivity contribution in [1.82, 2.24) is 5.43 Å². The average Bonchev–Trinajstić information content (AvgIpc) is 2.74. The second-order valence-corrected chi connectivity index (χ2v) is 9.20. The van der Waals surface area contributed by atoms with Gasteiger partial charge in [-0.1, -0.05) is 65.7 Å². The van der Waals surface area contributed by atoms with Crippen LogP contribution in [0.1, 0.15) is 16.7 Å². The number of carbonyl (C=O) groups excluding carboxylic acids is 1. The zero-order chi connectivity index (χ0) is 22.4. The number of rotatable bonds is 7. The molecular weight excluding hydrogens is 434 g/mol. The van der Waals surface area contributed by atoms with Crippen molar-refractivity contribution in [3.05, 3.63) is 94.5 Å². The van der Waals surface area contributed by atoms with Gasteiger partial charge in [0.25, 0.3) is 15.9 Å². The molecule has 0 aromatic heterocycles. The largest absolute Gasteiger partial charge is 0.271 e. The summed E-state index contributed by atoms with van der Waals surface area (Å²) >= 11 is 6.07. The third-order valence-electron chi connectivity index (χ3n) is 4.54. The first-order chi connectivity index (χ1) is 14.8. The first kappa shape index (κ1) is 22.5. The molecule has 0 atom stereocenters. The second-order valence-electron chi connectivity index (χ2n) is 6.93. The van der Waals surface area contributed by atoms with Crippen molar-refractivity contribution in [2.75, 3.05) is 10.8 Å². The highest BCUT2D eigenvalue weighted by Gasteiger charge is 2.28. The predicted octanol–water partition coefficient (Wildman–Crippen LogP) is 4.30. The molecule has 0 spiro atoms. The van der Waals surface area contributed by atoms with Gasteiger partial charge in [0, 0.05) is 10.6 Å². The number of sulfonamides is 1. The Labute approximate surface area is 187 Å². The number of carbonyl (C=O) groups is 1. The molecule has 0 aliphatic carbocycles. The molecule has 3 rings (SSSR count). The molecule has 0 fully saturated rings. The Bertz CT molecular complexity index is 1210. The maximum Gasteiger partial charge on any atom is 0.264 e. The van der Waals surface area contributed by atoms with E-state index in [-0.39, 0.29) is 4.90 Å². The number of benzene rings is 3. The van der Waals surface area contributed by atoms with E-state index < -0.39 is 22.5 Å². The highest BCUT2D eigenvalue weighted by Crippen LogP contribution is 2.27. The van der Waals surface area contributed by atoms with E-state index in [1.807, 2.05) is 26.0 Å². The van der Waals surface area contributed by atoms with Crippen LogP contribution < -0.4 is 9.73 Å². The van der Waals surface area contributed by atoms with Crippen LogP contribution >= 0.6 is 11.6 Å². The van der Waals surface area contributed by atoms with E-state index in [2.05, 4.69) is 10.5 Å². The molecule has 0 bridgehead atoms. The molecule has 8 heteroatoms. The maximum absolute atomic E-state index is 13.3. The van der Waals surface area contributed by atoms with Gasteiger partial charge in [0.05, 0.1) is 16.8 Å². The third-order valence-corrected chi connectivity index (χ3v) is 6.66. The number of halogens is 1. The zero-order valence-corrected chi connectivity index (χ0v) is 18.7. The van der Waals surface area contributed by atoms with E-state index in [0.29, 0.717) is 16.3 Å². The van der Waals surface area contributed by atoms with Gasteiger partial charge in [-0.05, 0) is 43.7 Å². The standard InChI is InChI=1S/C23H22ClN3O3S/c1-17-12-13-22(18(2)14-17)27(31(29,30)20-9-4-3-5-10-20)16-23(28)26-25-15-19-8-6-7-11-21(19)24/h3-15H,16H2,1-2H3,(H,26,28)/b25-15-. The molecule has 0 aliphatic heterocycles. The van der Waals surface area contributed by atoms with Crippen molar-refractivity contribution in [2.24, 2.45) is 5.10 Å². The van der Waals surface area contributed by atoms with Crippen molar-refractivity contribution in [3.63, 3.8) is 0 Å². The molecule has 3 aromatic carbocycles. The Balaban J connectivity index is 1.88. The van der Waals surface area contributed by atoms with Gasteiger partial charge in [0.2, 0.25) is 0 Å². The third kappa shape index (κ3) is 5.51. The Morgan fingerprint density at radius 2 is 1.71 bits per heavy atom. The second kappa shape index (κ2) is 9.76. The fraction of sp³-hybridized carbons (Fsp3) is 0.130. The molecule has 0 radical (unpaired) electrons. The molecule has 3 aromatic rings. The van der Waals surface area contributed by atoms with Crippen LogP contribution in [0.3, 0.4) is 0 Å². The molecule has 160 valence electrons. The molecule has 0 heterocycles. The van der Waals surface area contributed by atoms with Crippen LogP contribution in [0, 0.1) is 13.8 Å². The first-order valence-corrected chi connectivity index (χ1v) is 11.3. The number of hydrogen-bond acceptors (Lipinski definition) is 4. The summed E-state index contributed by atoms with van der Waals surface area (Å²) in [4.78, 5) is 12.7. The molecule has 0 saturated carbocycles. The summed E-state index contributed by atoms with van der Waals surface area (Å²) in [6.45, 7) is 3.30. The minimum Gasteiger partial charge on any atom is -0.271 e. The Kier molecular flexibility index (Phi) is 7.09. The number of nitrogens with zero attached hydrogens (tertiary/aromatic N) is 2. The number of aryl methyl sites for hydroxylation is 2. The van der Waals surface area contributed by atoms with Crippen LogP contribution in [0.2, 0.25) is 5.02 Å². The lowest BCUT2D eigenvalue weighted by Crippen LogP contribution is -2.40. The summed E-state index contributed by atoms with van der Waals surface area (Å²) < 4.78 is 27.8. The molecule has 1 amide bonds. The zero-order valence-electron chi connectivity index (χ0n) is 17.1. The van der Waals surface area contributed by atoms with Crippen molar-refractivity contribution in [3.8, 4) is 0 Å². The van der Waals surface area contributed by atoms with E-state index in [4.69, 9.17) is 11.6 Å².